The Morgan fingerprint density at radius 1 is 1.29 bits per heavy atom. The van der Waals surface area contributed by atoms with Gasteiger partial charge in [0.2, 0.25) is 0 Å². The van der Waals surface area contributed by atoms with Gasteiger partial charge in [-0.3, -0.25) is 4.79 Å². The number of thiazole rings is 1. The zero-order valence-electron chi connectivity index (χ0n) is 13.4. The van der Waals surface area contributed by atoms with Crippen LogP contribution in [0.3, 0.4) is 0 Å². The number of esters is 1. The van der Waals surface area contributed by atoms with Crippen molar-refractivity contribution in [2.75, 3.05) is 25.6 Å². The summed E-state index contributed by atoms with van der Waals surface area (Å²) in [6.45, 7) is 2.25. The van der Waals surface area contributed by atoms with Crippen LogP contribution in [0.15, 0.2) is 29.6 Å². The summed E-state index contributed by atoms with van der Waals surface area (Å²) in [5.74, 6) is -0.548. The topological polar surface area (TPSA) is 86.8 Å². The van der Waals surface area contributed by atoms with Crippen LogP contribution in [0.5, 0.6) is 5.75 Å². The second-order valence-electron chi connectivity index (χ2n) is 4.61. The van der Waals surface area contributed by atoms with Gasteiger partial charge in [0.1, 0.15) is 10.8 Å². The molecule has 0 saturated heterocycles. The number of amides is 1. The lowest BCUT2D eigenvalue weighted by Gasteiger charge is -2.11. The highest BCUT2D eigenvalue weighted by Crippen LogP contribution is 2.23. The summed E-state index contributed by atoms with van der Waals surface area (Å²) in [5, 5.41) is 4.88. The minimum atomic E-state index is -0.651. The van der Waals surface area contributed by atoms with Gasteiger partial charge < -0.3 is 19.5 Å². The lowest BCUT2D eigenvalue weighted by Crippen LogP contribution is -2.21. The number of para-hydroxylation sites is 2. The van der Waals surface area contributed by atoms with E-state index < -0.39 is 18.5 Å². The van der Waals surface area contributed by atoms with Gasteiger partial charge in [0.25, 0.3) is 5.91 Å². The fourth-order valence-corrected chi connectivity index (χ4v) is 2.57. The van der Waals surface area contributed by atoms with Crippen molar-refractivity contribution < 1.29 is 23.8 Å². The van der Waals surface area contributed by atoms with E-state index in [1.807, 2.05) is 6.92 Å². The summed E-state index contributed by atoms with van der Waals surface area (Å²) >= 11 is 1.29. The van der Waals surface area contributed by atoms with Crippen LogP contribution in [0.4, 0.5) is 5.69 Å². The molecule has 7 nitrogen and oxygen atoms in total. The maximum atomic E-state index is 11.9. The number of benzene rings is 1. The van der Waals surface area contributed by atoms with Gasteiger partial charge in [-0.25, -0.2) is 9.78 Å². The van der Waals surface area contributed by atoms with Gasteiger partial charge in [-0.2, -0.15) is 0 Å². The zero-order valence-corrected chi connectivity index (χ0v) is 14.2. The molecular formula is C16H18N2O5S. The van der Waals surface area contributed by atoms with Crippen LogP contribution in [-0.4, -0.2) is 37.2 Å². The summed E-state index contributed by atoms with van der Waals surface area (Å²) in [5.41, 5.74) is 0.686. The molecule has 0 bridgehead atoms. The van der Waals surface area contributed by atoms with Gasteiger partial charge >= 0.3 is 5.97 Å². The summed E-state index contributed by atoms with van der Waals surface area (Å²) in [6.07, 6.45) is 0. The molecule has 128 valence electrons. The number of methoxy groups -OCH3 is 1. The van der Waals surface area contributed by atoms with E-state index in [9.17, 15) is 9.59 Å². The molecule has 1 aromatic carbocycles. The van der Waals surface area contributed by atoms with Crippen molar-refractivity contribution in [2.24, 2.45) is 0 Å². The molecule has 0 aliphatic carbocycles. The first-order chi connectivity index (χ1) is 11.6. The summed E-state index contributed by atoms with van der Waals surface area (Å²) < 4.78 is 15.3. The van der Waals surface area contributed by atoms with E-state index in [4.69, 9.17) is 14.2 Å². The van der Waals surface area contributed by atoms with Gasteiger partial charge in [0.15, 0.2) is 12.3 Å². The van der Waals surface area contributed by atoms with E-state index in [1.54, 1.807) is 36.8 Å². The molecule has 0 fully saturated rings. The maximum Gasteiger partial charge on any atom is 0.358 e. The molecule has 0 saturated carbocycles. The molecule has 1 amide bonds. The Kier molecular flexibility index (Phi) is 6.71. The van der Waals surface area contributed by atoms with Crippen molar-refractivity contribution in [1.82, 2.24) is 4.98 Å². The lowest BCUT2D eigenvalue weighted by atomic mass is 10.3. The monoisotopic (exact) mass is 350 g/mol. The SMILES string of the molecule is CCOc1ccccc1NC(=O)COC(=O)c1csc(COC)n1. The third-order valence-corrected chi connectivity index (χ3v) is 3.65. The van der Waals surface area contributed by atoms with Crippen LogP contribution in [0, 0.1) is 0 Å². The highest BCUT2D eigenvalue weighted by molar-refractivity contribution is 7.09. The number of nitrogens with one attached hydrogen (secondary N) is 1. The smallest absolute Gasteiger partial charge is 0.358 e. The van der Waals surface area contributed by atoms with Crippen molar-refractivity contribution in [3.8, 4) is 5.75 Å². The largest absolute Gasteiger partial charge is 0.492 e. The van der Waals surface area contributed by atoms with E-state index in [-0.39, 0.29) is 5.69 Å². The van der Waals surface area contributed by atoms with E-state index in [2.05, 4.69) is 10.3 Å². The number of carbonyl (C=O) groups is 2. The molecule has 2 rings (SSSR count). The van der Waals surface area contributed by atoms with Gasteiger partial charge in [-0.05, 0) is 19.1 Å². The van der Waals surface area contributed by atoms with Crippen LogP contribution in [0.1, 0.15) is 22.4 Å². The molecule has 1 N–H and O–H groups in total. The fourth-order valence-electron chi connectivity index (χ4n) is 1.84. The third kappa shape index (κ3) is 5.04. The van der Waals surface area contributed by atoms with Gasteiger partial charge in [0, 0.05) is 12.5 Å². The number of anilines is 1. The second-order valence-corrected chi connectivity index (χ2v) is 5.56. The van der Waals surface area contributed by atoms with Crippen LogP contribution >= 0.6 is 11.3 Å². The molecule has 1 aromatic heterocycles. The van der Waals surface area contributed by atoms with Crippen LogP contribution in [0.25, 0.3) is 0 Å². The molecule has 0 aliphatic rings. The molecule has 0 aliphatic heterocycles. The summed E-state index contributed by atoms with van der Waals surface area (Å²) in [4.78, 5) is 27.9. The molecule has 1 heterocycles. The number of carbonyl (C=O) groups excluding carboxylic acids is 2. The van der Waals surface area contributed by atoms with E-state index >= 15 is 0 Å². The lowest BCUT2D eigenvalue weighted by molar-refractivity contribution is -0.119. The summed E-state index contributed by atoms with van der Waals surface area (Å²) in [6, 6.07) is 7.04. The normalized spacial score (nSPS) is 10.2. The standard InChI is InChI=1S/C16H18N2O5S/c1-3-22-13-7-5-4-6-11(13)17-14(19)8-23-16(20)12-10-24-15(18-12)9-21-2/h4-7,10H,3,8-9H2,1-2H3,(H,17,19). The first-order valence-electron chi connectivity index (χ1n) is 7.26. The second kappa shape index (κ2) is 8.99. The minimum Gasteiger partial charge on any atom is -0.492 e. The number of hydrogen-bond acceptors (Lipinski definition) is 7. The Morgan fingerprint density at radius 3 is 2.83 bits per heavy atom. The van der Waals surface area contributed by atoms with Crippen molar-refractivity contribution in [3.63, 3.8) is 0 Å². The Hall–Kier alpha value is -2.45. The molecule has 0 radical (unpaired) electrons. The predicted octanol–water partition coefficient (Wildman–Crippen LogP) is 2.48. The molecular weight excluding hydrogens is 332 g/mol. The number of rotatable bonds is 8. The number of nitrogens with zero attached hydrogens (tertiary/aromatic N) is 1. The van der Waals surface area contributed by atoms with Gasteiger partial charge in [0.05, 0.1) is 18.9 Å². The Labute approximate surface area is 143 Å². The molecule has 0 atom stereocenters. The van der Waals surface area contributed by atoms with E-state index in [1.165, 1.54) is 11.3 Å². The maximum absolute atomic E-state index is 11.9. The number of aromatic nitrogens is 1. The third-order valence-electron chi connectivity index (χ3n) is 2.82. The zero-order chi connectivity index (χ0) is 17.4. The Morgan fingerprint density at radius 2 is 2.08 bits per heavy atom. The first kappa shape index (κ1) is 17.9. The van der Waals surface area contributed by atoms with Gasteiger partial charge in [-0.1, -0.05) is 12.1 Å². The van der Waals surface area contributed by atoms with Crippen molar-refractivity contribution in [2.45, 2.75) is 13.5 Å². The molecule has 0 spiro atoms. The molecule has 24 heavy (non-hydrogen) atoms. The van der Waals surface area contributed by atoms with Crippen LogP contribution in [0.2, 0.25) is 0 Å². The average Bonchev–Trinajstić information content (AvgIpc) is 3.04. The Bertz CT molecular complexity index is 701. The number of ether oxygens (including phenoxy) is 3. The minimum absolute atomic E-state index is 0.162. The highest BCUT2D eigenvalue weighted by Gasteiger charge is 2.15. The molecule has 8 heteroatoms. The highest BCUT2D eigenvalue weighted by atomic mass is 32.1. The van der Waals surface area contributed by atoms with Crippen molar-refractivity contribution in [3.05, 3.63) is 40.3 Å². The summed E-state index contributed by atoms with van der Waals surface area (Å²) in [7, 11) is 1.55. The molecule has 0 unspecified atom stereocenters. The van der Waals surface area contributed by atoms with E-state index in [0.717, 1.165) is 0 Å². The van der Waals surface area contributed by atoms with Crippen molar-refractivity contribution >= 4 is 28.9 Å². The van der Waals surface area contributed by atoms with Gasteiger partial charge in [-0.15, -0.1) is 11.3 Å². The van der Waals surface area contributed by atoms with Crippen LogP contribution < -0.4 is 10.1 Å². The van der Waals surface area contributed by atoms with E-state index in [0.29, 0.717) is 29.7 Å². The first-order valence-corrected chi connectivity index (χ1v) is 8.14. The Balaban J connectivity index is 1.87. The predicted molar refractivity (Wildman–Crippen MR) is 89.4 cm³/mol. The van der Waals surface area contributed by atoms with Crippen molar-refractivity contribution in [1.29, 1.82) is 0 Å². The van der Waals surface area contributed by atoms with Crippen LogP contribution in [-0.2, 0) is 20.9 Å². The number of hydrogen-bond donors (Lipinski definition) is 1. The average molecular weight is 350 g/mol. The fraction of sp³-hybridized carbons (Fsp3) is 0.312. The molecule has 2 aromatic rings. The quantitative estimate of drug-likeness (QED) is 0.736.